The van der Waals surface area contributed by atoms with Gasteiger partial charge in [-0.05, 0) is 41.2 Å². The van der Waals surface area contributed by atoms with E-state index in [2.05, 4.69) is 24.9 Å². The number of ketones is 1. The summed E-state index contributed by atoms with van der Waals surface area (Å²) in [6.07, 6.45) is 2.46. The van der Waals surface area contributed by atoms with Crippen LogP contribution in [0.2, 0.25) is 0 Å². The van der Waals surface area contributed by atoms with Crippen LogP contribution in [-0.2, 0) is 6.42 Å². The molecule has 1 aliphatic heterocycles. The van der Waals surface area contributed by atoms with Gasteiger partial charge in [-0.3, -0.25) is 4.79 Å². The zero-order valence-corrected chi connectivity index (χ0v) is 15.1. The Kier molecular flexibility index (Phi) is 5.38. The monoisotopic (exact) mass is 347 g/mol. The van der Waals surface area contributed by atoms with Gasteiger partial charge >= 0.3 is 0 Å². The molecule has 3 rings (SSSR count). The van der Waals surface area contributed by atoms with Crippen LogP contribution in [0.3, 0.4) is 0 Å². The number of rotatable bonds is 7. The molecule has 1 aromatic heterocycles. The van der Waals surface area contributed by atoms with Crippen molar-refractivity contribution in [1.29, 1.82) is 0 Å². The maximum Gasteiger partial charge on any atom is 0.182 e. The summed E-state index contributed by atoms with van der Waals surface area (Å²) in [5, 5.41) is 3.43. The molecule has 2 heterocycles. The fraction of sp³-hybridized carbons (Fsp3) is 0.444. The smallest absolute Gasteiger partial charge is 0.182 e. The first kappa shape index (κ1) is 16.5. The maximum absolute atomic E-state index is 12.2. The Labute approximate surface area is 145 Å². The lowest BCUT2D eigenvalue weighted by atomic mass is 10.1. The molecule has 0 bridgehead atoms. The normalized spacial score (nSPS) is 13.2. The Morgan fingerprint density at radius 1 is 1.43 bits per heavy atom. The van der Waals surface area contributed by atoms with E-state index in [0.29, 0.717) is 17.4 Å². The lowest BCUT2D eigenvalue weighted by Crippen LogP contribution is -2.01. The number of carbonyl (C=O) groups is 1. The molecule has 3 nitrogen and oxygen atoms in total. The molecule has 0 radical (unpaired) electrons. The van der Waals surface area contributed by atoms with E-state index in [0.717, 1.165) is 41.5 Å². The molecule has 5 heteroatoms. The first-order valence-corrected chi connectivity index (χ1v) is 9.93. The molecule has 1 aliphatic rings. The van der Waals surface area contributed by atoms with Gasteiger partial charge in [0.15, 0.2) is 5.78 Å². The number of thiazole rings is 1. The van der Waals surface area contributed by atoms with Gasteiger partial charge in [-0.15, -0.1) is 11.3 Å². The van der Waals surface area contributed by atoms with Gasteiger partial charge in [0.2, 0.25) is 0 Å². The molecule has 23 heavy (non-hydrogen) atoms. The van der Waals surface area contributed by atoms with E-state index in [4.69, 9.17) is 4.74 Å². The van der Waals surface area contributed by atoms with Crippen molar-refractivity contribution in [2.24, 2.45) is 0 Å². The molecule has 0 fully saturated rings. The maximum atomic E-state index is 12.2. The molecule has 2 aromatic rings. The summed E-state index contributed by atoms with van der Waals surface area (Å²) in [5.74, 6) is 2.16. The van der Waals surface area contributed by atoms with Gasteiger partial charge in [-0.1, -0.05) is 13.8 Å². The fourth-order valence-electron chi connectivity index (χ4n) is 2.53. The summed E-state index contributed by atoms with van der Waals surface area (Å²) in [5.41, 5.74) is 2.92. The highest BCUT2D eigenvalue weighted by Crippen LogP contribution is 2.32. The Balaban J connectivity index is 1.62. The lowest BCUT2D eigenvalue weighted by molar-refractivity contribution is 0.0978. The van der Waals surface area contributed by atoms with Crippen molar-refractivity contribution in [3.63, 3.8) is 0 Å². The average Bonchev–Trinajstić information content (AvgIpc) is 3.18. The van der Waals surface area contributed by atoms with E-state index in [1.165, 1.54) is 5.56 Å². The number of ether oxygens (including phenoxy) is 1. The third-order valence-corrected chi connectivity index (χ3v) is 5.81. The van der Waals surface area contributed by atoms with Crippen LogP contribution in [-0.4, -0.2) is 28.4 Å². The Morgan fingerprint density at radius 3 is 3.13 bits per heavy atom. The molecular formula is C18H21NO2S2. The predicted octanol–water partition coefficient (Wildman–Crippen LogP) is 4.85. The van der Waals surface area contributed by atoms with E-state index >= 15 is 0 Å². The van der Waals surface area contributed by atoms with E-state index in [9.17, 15) is 4.79 Å². The quantitative estimate of drug-likeness (QED) is 0.530. The van der Waals surface area contributed by atoms with Gasteiger partial charge in [0.25, 0.3) is 0 Å². The third kappa shape index (κ3) is 4.15. The number of hydrogen-bond donors (Lipinski definition) is 0. The molecule has 122 valence electrons. The van der Waals surface area contributed by atoms with Crippen LogP contribution in [0.25, 0.3) is 10.6 Å². The van der Waals surface area contributed by atoms with E-state index in [-0.39, 0.29) is 5.78 Å². The molecule has 0 saturated heterocycles. The Hall–Kier alpha value is -1.33. The van der Waals surface area contributed by atoms with Gasteiger partial charge in [0.05, 0.1) is 6.61 Å². The zero-order chi connectivity index (χ0) is 16.2. The minimum atomic E-state index is 0.154. The molecule has 0 aliphatic carbocycles. The number of Topliss-reactive ketones (excluding diaryl/α,β-unsaturated/α-hetero) is 1. The first-order chi connectivity index (χ1) is 11.1. The second-order valence-corrected chi connectivity index (χ2v) is 8.45. The van der Waals surface area contributed by atoms with Crippen molar-refractivity contribution in [2.45, 2.75) is 38.4 Å². The zero-order valence-electron chi connectivity index (χ0n) is 13.5. The SMILES string of the molecule is CC(C)SCCCC(=O)c1csc(-c2ccc3c(c2)CCO3)n1. The van der Waals surface area contributed by atoms with Gasteiger partial charge in [-0.2, -0.15) is 11.8 Å². The number of benzene rings is 1. The van der Waals surface area contributed by atoms with E-state index < -0.39 is 0 Å². The molecule has 0 saturated carbocycles. The van der Waals surface area contributed by atoms with Crippen LogP contribution in [0.15, 0.2) is 23.6 Å². The van der Waals surface area contributed by atoms with E-state index in [1.54, 1.807) is 11.3 Å². The molecule has 0 atom stereocenters. The van der Waals surface area contributed by atoms with Gasteiger partial charge in [0.1, 0.15) is 16.5 Å². The van der Waals surface area contributed by atoms with Crippen molar-refractivity contribution in [2.75, 3.05) is 12.4 Å². The summed E-state index contributed by atoms with van der Waals surface area (Å²) in [6, 6.07) is 6.16. The van der Waals surface area contributed by atoms with Crippen molar-refractivity contribution in [3.8, 4) is 16.3 Å². The minimum absolute atomic E-state index is 0.154. The van der Waals surface area contributed by atoms with Crippen LogP contribution in [0.5, 0.6) is 5.75 Å². The second kappa shape index (κ2) is 7.49. The van der Waals surface area contributed by atoms with Crippen LogP contribution >= 0.6 is 23.1 Å². The summed E-state index contributed by atoms with van der Waals surface area (Å²) in [4.78, 5) is 16.8. The van der Waals surface area contributed by atoms with Crippen molar-refractivity contribution >= 4 is 28.9 Å². The molecule has 0 N–H and O–H groups in total. The summed E-state index contributed by atoms with van der Waals surface area (Å²) in [6.45, 7) is 5.12. The van der Waals surface area contributed by atoms with E-state index in [1.807, 2.05) is 29.3 Å². The lowest BCUT2D eigenvalue weighted by Gasteiger charge is -2.03. The number of fused-ring (bicyclic) bond motifs is 1. The predicted molar refractivity (Wildman–Crippen MR) is 97.9 cm³/mol. The van der Waals surface area contributed by atoms with Crippen molar-refractivity contribution < 1.29 is 9.53 Å². The Bertz CT molecular complexity index is 694. The number of carbonyl (C=O) groups excluding carboxylic acids is 1. The topological polar surface area (TPSA) is 39.2 Å². The highest BCUT2D eigenvalue weighted by molar-refractivity contribution is 7.99. The van der Waals surface area contributed by atoms with Crippen molar-refractivity contribution in [3.05, 3.63) is 34.8 Å². The fourth-order valence-corrected chi connectivity index (χ4v) is 4.14. The number of aromatic nitrogens is 1. The van der Waals surface area contributed by atoms with Crippen LogP contribution in [0.1, 0.15) is 42.7 Å². The van der Waals surface area contributed by atoms with Crippen LogP contribution in [0, 0.1) is 0 Å². The first-order valence-electron chi connectivity index (χ1n) is 8.00. The van der Waals surface area contributed by atoms with Gasteiger partial charge in [-0.25, -0.2) is 4.98 Å². The molecular weight excluding hydrogens is 326 g/mol. The summed E-state index contributed by atoms with van der Waals surface area (Å²) >= 11 is 3.44. The standard InChI is InChI=1S/C18H21NO2S2/c1-12(2)22-9-3-4-16(20)15-11-23-18(19-15)14-5-6-17-13(10-14)7-8-21-17/h5-6,10-12H,3-4,7-9H2,1-2H3. The molecule has 0 amide bonds. The molecule has 1 aromatic carbocycles. The number of thioether (sulfide) groups is 1. The highest BCUT2D eigenvalue weighted by Gasteiger charge is 2.16. The minimum Gasteiger partial charge on any atom is -0.493 e. The number of hydrogen-bond acceptors (Lipinski definition) is 5. The molecule has 0 spiro atoms. The largest absolute Gasteiger partial charge is 0.493 e. The summed E-state index contributed by atoms with van der Waals surface area (Å²) < 4.78 is 5.53. The van der Waals surface area contributed by atoms with Crippen LogP contribution < -0.4 is 4.74 Å². The van der Waals surface area contributed by atoms with Crippen molar-refractivity contribution in [1.82, 2.24) is 4.98 Å². The Morgan fingerprint density at radius 2 is 2.30 bits per heavy atom. The van der Waals surface area contributed by atoms with Crippen LogP contribution in [0.4, 0.5) is 0 Å². The second-order valence-electron chi connectivity index (χ2n) is 5.91. The average molecular weight is 348 g/mol. The summed E-state index contributed by atoms with van der Waals surface area (Å²) in [7, 11) is 0. The highest BCUT2D eigenvalue weighted by atomic mass is 32.2. The van der Waals surface area contributed by atoms with Gasteiger partial charge < -0.3 is 4.74 Å². The molecule has 0 unspecified atom stereocenters. The number of nitrogens with zero attached hydrogens (tertiary/aromatic N) is 1. The van der Waals surface area contributed by atoms with Gasteiger partial charge in [0, 0.05) is 23.8 Å². The third-order valence-electron chi connectivity index (χ3n) is 3.73.